The number of aliphatic hydroxyl groups is 1. The van der Waals surface area contributed by atoms with E-state index in [9.17, 15) is 4.79 Å². The normalized spacial score (nSPS) is 10.7. The predicted octanol–water partition coefficient (Wildman–Crippen LogP) is 1.79. The Morgan fingerprint density at radius 2 is 1.54 bits per heavy atom. The first-order chi connectivity index (χ1) is 19.2. The molecule has 0 saturated heterocycles. The number of carbonyl (C=O) groups is 1. The van der Waals surface area contributed by atoms with Crippen molar-refractivity contribution in [3.05, 3.63) is 65.7 Å². The van der Waals surface area contributed by atoms with Crippen molar-refractivity contribution in [1.82, 2.24) is 20.3 Å². The SMILES string of the molecule is NCCOCCOCCNC(=O)c1cccc(Nc2nc(NCCCO)nc(NCCc3ccccc3)n2)c1. The molecule has 0 fully saturated rings. The number of aliphatic hydroxyl groups excluding tert-OH is 1. The van der Waals surface area contributed by atoms with Gasteiger partial charge in [-0.05, 0) is 36.6 Å². The van der Waals surface area contributed by atoms with Crippen LogP contribution in [-0.4, -0.2) is 85.2 Å². The highest BCUT2D eigenvalue weighted by atomic mass is 16.5. The highest BCUT2D eigenvalue weighted by Crippen LogP contribution is 2.17. The lowest BCUT2D eigenvalue weighted by molar-refractivity contribution is 0.0511. The van der Waals surface area contributed by atoms with E-state index >= 15 is 0 Å². The Labute approximate surface area is 228 Å². The van der Waals surface area contributed by atoms with Crippen molar-refractivity contribution in [2.24, 2.45) is 5.73 Å². The Bertz CT molecular complexity index is 1120. The molecule has 1 aromatic heterocycles. The van der Waals surface area contributed by atoms with E-state index in [-0.39, 0.29) is 12.5 Å². The molecule has 7 N–H and O–H groups in total. The van der Waals surface area contributed by atoms with Gasteiger partial charge in [0.05, 0.1) is 26.4 Å². The number of ether oxygens (including phenoxy) is 2. The maximum absolute atomic E-state index is 12.6. The van der Waals surface area contributed by atoms with Crippen LogP contribution in [0.2, 0.25) is 0 Å². The van der Waals surface area contributed by atoms with Gasteiger partial charge in [-0.25, -0.2) is 0 Å². The monoisotopic (exact) mass is 538 g/mol. The second kappa shape index (κ2) is 17.6. The number of hydrogen-bond donors (Lipinski definition) is 6. The van der Waals surface area contributed by atoms with Crippen LogP contribution in [0.5, 0.6) is 0 Å². The van der Waals surface area contributed by atoms with Gasteiger partial charge in [-0.15, -0.1) is 0 Å². The van der Waals surface area contributed by atoms with Crippen LogP contribution in [0.1, 0.15) is 22.3 Å². The first-order valence-electron chi connectivity index (χ1n) is 13.1. The van der Waals surface area contributed by atoms with E-state index in [1.54, 1.807) is 18.2 Å². The minimum atomic E-state index is -0.216. The summed E-state index contributed by atoms with van der Waals surface area (Å²) in [6, 6.07) is 17.2. The van der Waals surface area contributed by atoms with Crippen molar-refractivity contribution in [2.45, 2.75) is 12.8 Å². The van der Waals surface area contributed by atoms with E-state index in [1.807, 2.05) is 24.3 Å². The van der Waals surface area contributed by atoms with Gasteiger partial charge in [0.2, 0.25) is 17.8 Å². The third-order valence-electron chi connectivity index (χ3n) is 5.34. The van der Waals surface area contributed by atoms with E-state index in [2.05, 4.69) is 48.4 Å². The number of benzene rings is 2. The molecule has 3 aromatic rings. The van der Waals surface area contributed by atoms with Gasteiger partial charge in [-0.1, -0.05) is 36.4 Å². The highest BCUT2D eigenvalue weighted by molar-refractivity contribution is 5.95. The zero-order valence-corrected chi connectivity index (χ0v) is 22.1. The molecule has 0 aliphatic carbocycles. The first-order valence-corrected chi connectivity index (χ1v) is 13.1. The number of hydrogen-bond acceptors (Lipinski definition) is 11. The fourth-order valence-corrected chi connectivity index (χ4v) is 3.44. The standard InChI is InChI=1S/C27H38N8O4/c28-11-16-38-18-19-39-17-14-29-24(37)22-8-4-9-23(20-22)32-27-34-25(30-12-5-15-36)33-26(35-27)31-13-10-21-6-2-1-3-7-21/h1-4,6-9,20,36H,5,10-19,28H2,(H,29,37)(H3,30,31,32,33,34,35). The first kappa shape index (κ1) is 29.7. The minimum absolute atomic E-state index is 0.0650. The summed E-state index contributed by atoms with van der Waals surface area (Å²) in [5, 5.41) is 21.5. The average Bonchev–Trinajstić information content (AvgIpc) is 2.95. The fraction of sp³-hybridized carbons (Fsp3) is 0.407. The van der Waals surface area contributed by atoms with Crippen LogP contribution in [-0.2, 0) is 15.9 Å². The highest BCUT2D eigenvalue weighted by Gasteiger charge is 2.10. The molecule has 0 unspecified atom stereocenters. The molecular formula is C27H38N8O4. The maximum Gasteiger partial charge on any atom is 0.251 e. The second-order valence-corrected chi connectivity index (χ2v) is 8.45. The van der Waals surface area contributed by atoms with Gasteiger partial charge in [0.25, 0.3) is 5.91 Å². The number of nitrogens with two attached hydrogens (primary N) is 1. The van der Waals surface area contributed by atoms with Crippen LogP contribution in [0.15, 0.2) is 54.6 Å². The molecule has 0 aliphatic heterocycles. The topological polar surface area (TPSA) is 169 Å². The van der Waals surface area contributed by atoms with Gasteiger partial charge in [0.1, 0.15) is 0 Å². The Morgan fingerprint density at radius 1 is 0.821 bits per heavy atom. The lowest BCUT2D eigenvalue weighted by atomic mass is 10.1. The Kier molecular flexibility index (Phi) is 13.4. The summed E-state index contributed by atoms with van der Waals surface area (Å²) >= 11 is 0. The van der Waals surface area contributed by atoms with E-state index in [1.165, 1.54) is 5.56 Å². The number of rotatable bonds is 19. The second-order valence-electron chi connectivity index (χ2n) is 8.45. The Morgan fingerprint density at radius 3 is 2.28 bits per heavy atom. The molecule has 0 saturated carbocycles. The molecule has 2 aromatic carbocycles. The molecule has 0 atom stereocenters. The number of nitrogens with zero attached hydrogens (tertiary/aromatic N) is 3. The van der Waals surface area contributed by atoms with Gasteiger partial charge in [0, 0.05) is 44.0 Å². The van der Waals surface area contributed by atoms with Crippen LogP contribution in [0.4, 0.5) is 23.5 Å². The van der Waals surface area contributed by atoms with Gasteiger partial charge in [0.15, 0.2) is 0 Å². The average molecular weight is 539 g/mol. The molecule has 0 bridgehead atoms. The molecule has 39 heavy (non-hydrogen) atoms. The number of nitrogens with one attached hydrogen (secondary N) is 4. The van der Waals surface area contributed by atoms with Crippen molar-refractivity contribution in [3.8, 4) is 0 Å². The molecule has 3 rings (SSSR count). The number of amides is 1. The van der Waals surface area contributed by atoms with E-state index < -0.39 is 0 Å². The molecule has 1 amide bonds. The van der Waals surface area contributed by atoms with Crippen LogP contribution in [0, 0.1) is 0 Å². The molecule has 1 heterocycles. The number of aromatic nitrogens is 3. The lowest BCUT2D eigenvalue weighted by Gasteiger charge is -2.12. The lowest BCUT2D eigenvalue weighted by Crippen LogP contribution is -2.27. The quantitative estimate of drug-likeness (QED) is 0.123. The summed E-state index contributed by atoms with van der Waals surface area (Å²) in [7, 11) is 0. The van der Waals surface area contributed by atoms with Crippen LogP contribution >= 0.6 is 0 Å². The van der Waals surface area contributed by atoms with Gasteiger partial charge >= 0.3 is 0 Å². The maximum atomic E-state index is 12.6. The zero-order chi connectivity index (χ0) is 27.5. The summed E-state index contributed by atoms with van der Waals surface area (Å²) in [4.78, 5) is 26.0. The van der Waals surface area contributed by atoms with Crippen LogP contribution < -0.4 is 27.0 Å². The molecule has 0 aliphatic rings. The fourth-order valence-electron chi connectivity index (χ4n) is 3.44. The van der Waals surface area contributed by atoms with Crippen molar-refractivity contribution in [2.75, 3.05) is 75.2 Å². The molecular weight excluding hydrogens is 500 g/mol. The third kappa shape index (κ3) is 11.6. The number of anilines is 4. The van der Waals surface area contributed by atoms with Gasteiger partial charge in [-0.3, -0.25) is 4.79 Å². The summed E-state index contributed by atoms with van der Waals surface area (Å²) in [6.07, 6.45) is 1.38. The van der Waals surface area contributed by atoms with Crippen molar-refractivity contribution >= 4 is 29.4 Å². The summed E-state index contributed by atoms with van der Waals surface area (Å²) < 4.78 is 10.7. The predicted molar refractivity (Wildman–Crippen MR) is 151 cm³/mol. The Balaban J connectivity index is 1.57. The van der Waals surface area contributed by atoms with Crippen LogP contribution in [0.3, 0.4) is 0 Å². The minimum Gasteiger partial charge on any atom is -0.396 e. The van der Waals surface area contributed by atoms with E-state index in [0.717, 1.165) is 6.42 Å². The molecule has 0 spiro atoms. The van der Waals surface area contributed by atoms with Gasteiger partial charge < -0.3 is 41.6 Å². The van der Waals surface area contributed by atoms with Crippen LogP contribution in [0.25, 0.3) is 0 Å². The third-order valence-corrected chi connectivity index (χ3v) is 5.34. The van der Waals surface area contributed by atoms with Gasteiger partial charge in [-0.2, -0.15) is 15.0 Å². The largest absolute Gasteiger partial charge is 0.396 e. The van der Waals surface area contributed by atoms with Crippen molar-refractivity contribution in [3.63, 3.8) is 0 Å². The smallest absolute Gasteiger partial charge is 0.251 e. The Hall–Kier alpha value is -3.84. The number of carbonyl (C=O) groups excluding carboxylic acids is 1. The van der Waals surface area contributed by atoms with E-state index in [4.69, 9.17) is 20.3 Å². The molecule has 12 heteroatoms. The molecule has 210 valence electrons. The summed E-state index contributed by atoms with van der Waals surface area (Å²) in [5.41, 5.74) is 7.71. The van der Waals surface area contributed by atoms with E-state index in [0.29, 0.717) is 88.1 Å². The van der Waals surface area contributed by atoms with Crippen molar-refractivity contribution in [1.29, 1.82) is 0 Å². The molecule has 12 nitrogen and oxygen atoms in total. The summed E-state index contributed by atoms with van der Waals surface area (Å²) in [5.74, 6) is 0.899. The molecule has 0 radical (unpaired) electrons. The van der Waals surface area contributed by atoms with Crippen molar-refractivity contribution < 1.29 is 19.4 Å². The summed E-state index contributed by atoms with van der Waals surface area (Å²) in [6.45, 7) is 3.88. The zero-order valence-electron chi connectivity index (χ0n) is 22.1.